The van der Waals surface area contributed by atoms with Gasteiger partial charge in [0.1, 0.15) is 0 Å². The Kier molecular flexibility index (Phi) is 5.56. The largest absolute Gasteiger partial charge is 0.457 e. The molecule has 0 amide bonds. The van der Waals surface area contributed by atoms with Crippen molar-refractivity contribution in [3.8, 4) is 0 Å². The first-order valence-corrected chi connectivity index (χ1v) is 9.01. The molecule has 1 fully saturated rings. The molecule has 0 spiro atoms. The van der Waals surface area contributed by atoms with E-state index in [0.717, 1.165) is 18.4 Å². The zero-order valence-electron chi connectivity index (χ0n) is 14.5. The number of carbonyl (C=O) groups excluding carboxylic acids is 2. The number of benzene rings is 2. The van der Waals surface area contributed by atoms with Crippen molar-refractivity contribution in [3.63, 3.8) is 0 Å². The summed E-state index contributed by atoms with van der Waals surface area (Å²) in [5, 5.41) is 11.3. The lowest BCUT2D eigenvalue weighted by atomic mass is 9.79. The number of carbonyl (C=O) groups is 2. The van der Waals surface area contributed by atoms with Crippen LogP contribution in [0.25, 0.3) is 0 Å². The Bertz CT molecular complexity index is 855. The first-order chi connectivity index (χ1) is 12.9. The highest BCUT2D eigenvalue weighted by Gasteiger charge is 2.44. The molecule has 0 saturated heterocycles. The Balaban J connectivity index is 1.70. The summed E-state index contributed by atoms with van der Waals surface area (Å²) in [6, 6.07) is 12.4. The summed E-state index contributed by atoms with van der Waals surface area (Å²) in [6.07, 6.45) is 3.15. The summed E-state index contributed by atoms with van der Waals surface area (Å²) < 4.78 is 5.35. The molecule has 6 nitrogen and oxygen atoms in total. The SMILES string of the molecule is O=C(COC(=O)C1(c2ccc(Cl)cc2)CCCC1)c1ccc([N+](=O)[O-])cc1. The van der Waals surface area contributed by atoms with Gasteiger partial charge in [-0.1, -0.05) is 36.6 Å². The number of nitro groups is 1. The summed E-state index contributed by atoms with van der Waals surface area (Å²) >= 11 is 5.94. The van der Waals surface area contributed by atoms with E-state index >= 15 is 0 Å². The smallest absolute Gasteiger partial charge is 0.317 e. The van der Waals surface area contributed by atoms with Gasteiger partial charge in [0, 0.05) is 22.7 Å². The van der Waals surface area contributed by atoms with Gasteiger partial charge in [0.25, 0.3) is 5.69 Å². The van der Waals surface area contributed by atoms with Gasteiger partial charge >= 0.3 is 5.97 Å². The number of nitro benzene ring substituents is 1. The fraction of sp³-hybridized carbons (Fsp3) is 0.300. The number of ether oxygens (including phenoxy) is 1. The van der Waals surface area contributed by atoms with Crippen molar-refractivity contribution in [1.29, 1.82) is 0 Å². The maximum absolute atomic E-state index is 12.8. The van der Waals surface area contributed by atoms with E-state index in [1.165, 1.54) is 24.3 Å². The highest BCUT2D eigenvalue weighted by atomic mass is 35.5. The maximum Gasteiger partial charge on any atom is 0.317 e. The molecule has 1 saturated carbocycles. The zero-order chi connectivity index (χ0) is 19.4. The van der Waals surface area contributed by atoms with Crippen molar-refractivity contribution in [2.75, 3.05) is 6.61 Å². The minimum absolute atomic E-state index is 0.101. The summed E-state index contributed by atoms with van der Waals surface area (Å²) in [5.74, 6) is -0.819. The average Bonchev–Trinajstić information content (AvgIpc) is 3.17. The highest BCUT2D eigenvalue weighted by molar-refractivity contribution is 6.30. The normalized spacial score (nSPS) is 15.3. The third-order valence-electron chi connectivity index (χ3n) is 4.98. The molecule has 0 radical (unpaired) electrons. The first-order valence-electron chi connectivity index (χ1n) is 8.63. The van der Waals surface area contributed by atoms with E-state index in [0.29, 0.717) is 17.9 Å². The quantitative estimate of drug-likeness (QED) is 0.315. The average molecular weight is 388 g/mol. The summed E-state index contributed by atoms with van der Waals surface area (Å²) in [7, 11) is 0. The summed E-state index contributed by atoms with van der Waals surface area (Å²) in [6.45, 7) is -0.397. The molecule has 1 aliphatic rings. The first kappa shape index (κ1) is 19.0. The Labute approximate surface area is 161 Å². The van der Waals surface area contributed by atoms with Crippen LogP contribution in [0.1, 0.15) is 41.6 Å². The molecule has 1 aliphatic carbocycles. The van der Waals surface area contributed by atoms with Crippen LogP contribution < -0.4 is 0 Å². The van der Waals surface area contributed by atoms with E-state index in [9.17, 15) is 19.7 Å². The maximum atomic E-state index is 12.8. The molecular formula is C20H18ClNO5. The lowest BCUT2D eigenvalue weighted by Crippen LogP contribution is -2.35. The molecular weight excluding hydrogens is 370 g/mol. The minimum Gasteiger partial charge on any atom is -0.457 e. The topological polar surface area (TPSA) is 86.5 Å². The number of rotatable bonds is 6. The van der Waals surface area contributed by atoms with Crippen molar-refractivity contribution in [3.05, 3.63) is 74.8 Å². The second kappa shape index (κ2) is 7.88. The Hall–Kier alpha value is -2.73. The number of esters is 1. The molecule has 0 unspecified atom stereocenters. The van der Waals surface area contributed by atoms with E-state index in [2.05, 4.69) is 0 Å². The number of hydrogen-bond donors (Lipinski definition) is 0. The van der Waals surface area contributed by atoms with Crippen LogP contribution in [0, 0.1) is 10.1 Å². The van der Waals surface area contributed by atoms with E-state index in [4.69, 9.17) is 16.3 Å². The van der Waals surface area contributed by atoms with Crippen LogP contribution in [0.4, 0.5) is 5.69 Å². The Morgan fingerprint density at radius 2 is 1.63 bits per heavy atom. The van der Waals surface area contributed by atoms with Gasteiger partial charge in [0.2, 0.25) is 0 Å². The molecule has 0 aromatic heterocycles. The number of nitrogens with zero attached hydrogens (tertiary/aromatic N) is 1. The molecule has 0 N–H and O–H groups in total. The molecule has 2 aromatic rings. The van der Waals surface area contributed by atoms with Crippen LogP contribution in [0.2, 0.25) is 5.02 Å². The third kappa shape index (κ3) is 4.01. The van der Waals surface area contributed by atoms with Crippen molar-refractivity contribution in [2.24, 2.45) is 0 Å². The number of halogens is 1. The van der Waals surface area contributed by atoms with Gasteiger partial charge in [-0.3, -0.25) is 19.7 Å². The minimum atomic E-state index is -0.750. The zero-order valence-corrected chi connectivity index (χ0v) is 15.3. The van der Waals surface area contributed by atoms with Gasteiger partial charge in [-0.25, -0.2) is 0 Å². The van der Waals surface area contributed by atoms with Gasteiger partial charge in [-0.15, -0.1) is 0 Å². The van der Waals surface area contributed by atoms with E-state index in [1.54, 1.807) is 12.1 Å². The molecule has 0 atom stereocenters. The van der Waals surface area contributed by atoms with Crippen molar-refractivity contribution in [2.45, 2.75) is 31.1 Å². The van der Waals surface area contributed by atoms with Crippen LogP contribution in [0.3, 0.4) is 0 Å². The molecule has 27 heavy (non-hydrogen) atoms. The van der Waals surface area contributed by atoms with Crippen molar-refractivity contribution in [1.82, 2.24) is 0 Å². The molecule has 0 aliphatic heterocycles. The van der Waals surface area contributed by atoms with E-state index < -0.39 is 28.7 Å². The predicted octanol–water partition coefficient (Wildman–Crippen LogP) is 4.49. The second-order valence-electron chi connectivity index (χ2n) is 6.60. The highest BCUT2D eigenvalue weighted by Crippen LogP contribution is 2.42. The van der Waals surface area contributed by atoms with Gasteiger partial charge in [0.05, 0.1) is 10.3 Å². The third-order valence-corrected chi connectivity index (χ3v) is 5.23. The molecule has 2 aromatic carbocycles. The van der Waals surface area contributed by atoms with Gasteiger partial charge in [0.15, 0.2) is 12.4 Å². The lowest BCUT2D eigenvalue weighted by molar-refractivity contribution is -0.384. The van der Waals surface area contributed by atoms with Crippen LogP contribution >= 0.6 is 11.6 Å². The van der Waals surface area contributed by atoms with Crippen molar-refractivity contribution >= 4 is 29.0 Å². The van der Waals surface area contributed by atoms with Crippen LogP contribution in [-0.2, 0) is 14.9 Å². The predicted molar refractivity (Wildman–Crippen MR) is 100.0 cm³/mol. The summed E-state index contributed by atoms with van der Waals surface area (Å²) in [4.78, 5) is 35.2. The number of ketones is 1. The molecule has 140 valence electrons. The molecule has 0 bridgehead atoms. The second-order valence-corrected chi connectivity index (χ2v) is 7.04. The number of hydrogen-bond acceptors (Lipinski definition) is 5. The molecule has 0 heterocycles. The van der Waals surface area contributed by atoms with Gasteiger partial charge in [-0.2, -0.15) is 0 Å². The van der Waals surface area contributed by atoms with Crippen molar-refractivity contribution < 1.29 is 19.2 Å². The number of non-ortho nitro benzene ring substituents is 1. The fourth-order valence-corrected chi connectivity index (χ4v) is 3.61. The lowest BCUT2D eigenvalue weighted by Gasteiger charge is -2.27. The standard InChI is InChI=1S/C20H18ClNO5/c21-16-7-5-15(6-8-16)20(11-1-2-12-20)19(24)27-13-18(23)14-3-9-17(10-4-14)22(25)26/h3-10H,1-2,11-13H2. The summed E-state index contributed by atoms with van der Waals surface area (Å²) in [5.41, 5.74) is 0.258. The molecule has 3 rings (SSSR count). The number of Topliss-reactive ketones (excluding diaryl/α,β-unsaturated/α-hetero) is 1. The van der Waals surface area contributed by atoms with E-state index in [-0.39, 0.29) is 11.3 Å². The van der Waals surface area contributed by atoms with Crippen LogP contribution in [0.5, 0.6) is 0 Å². The van der Waals surface area contributed by atoms with Crippen LogP contribution in [0.15, 0.2) is 48.5 Å². The Morgan fingerprint density at radius 1 is 1.04 bits per heavy atom. The van der Waals surface area contributed by atoms with Gasteiger partial charge in [-0.05, 0) is 42.7 Å². The van der Waals surface area contributed by atoms with Gasteiger partial charge < -0.3 is 4.74 Å². The fourth-order valence-electron chi connectivity index (χ4n) is 3.48. The Morgan fingerprint density at radius 3 is 2.19 bits per heavy atom. The van der Waals surface area contributed by atoms with Crippen LogP contribution in [-0.4, -0.2) is 23.3 Å². The monoisotopic (exact) mass is 387 g/mol. The van der Waals surface area contributed by atoms with E-state index in [1.807, 2.05) is 12.1 Å². The molecule has 7 heteroatoms.